The average molecular weight is 252 g/mol. The summed E-state index contributed by atoms with van der Waals surface area (Å²) in [4.78, 5) is 12.1. The summed E-state index contributed by atoms with van der Waals surface area (Å²) < 4.78 is 17.1. The Bertz CT molecular complexity index is 409. The first-order valence-electron chi connectivity index (χ1n) is 7.17. The molecule has 0 bridgehead atoms. The van der Waals surface area contributed by atoms with E-state index in [0.717, 1.165) is 38.5 Å². The lowest BCUT2D eigenvalue weighted by atomic mass is 9.67. The molecule has 4 atom stereocenters. The summed E-state index contributed by atoms with van der Waals surface area (Å²) in [6.07, 6.45) is 8.89. The van der Waals surface area contributed by atoms with Crippen LogP contribution in [0.3, 0.4) is 0 Å². The van der Waals surface area contributed by atoms with Gasteiger partial charge >= 0.3 is 5.97 Å². The van der Waals surface area contributed by atoms with Crippen molar-refractivity contribution in [2.45, 2.75) is 74.3 Å². The van der Waals surface area contributed by atoms with Crippen molar-refractivity contribution in [2.75, 3.05) is 7.11 Å². The van der Waals surface area contributed by atoms with Gasteiger partial charge in [-0.25, -0.2) is 4.79 Å². The zero-order valence-corrected chi connectivity index (χ0v) is 10.9. The minimum atomic E-state index is -0.675. The highest BCUT2D eigenvalue weighted by Crippen LogP contribution is 2.72. The molecule has 2 saturated heterocycles. The molecule has 0 N–H and O–H groups in total. The largest absolute Gasteiger partial charge is 0.467 e. The highest BCUT2D eigenvalue weighted by Gasteiger charge is 2.89. The summed E-state index contributed by atoms with van der Waals surface area (Å²) >= 11 is 0. The molecule has 2 aliphatic carbocycles. The van der Waals surface area contributed by atoms with Gasteiger partial charge in [-0.2, -0.15) is 0 Å². The molecule has 4 unspecified atom stereocenters. The maximum absolute atomic E-state index is 12.1. The van der Waals surface area contributed by atoms with Crippen molar-refractivity contribution in [3.8, 4) is 0 Å². The van der Waals surface area contributed by atoms with Crippen LogP contribution in [-0.2, 0) is 19.0 Å². The molecule has 18 heavy (non-hydrogen) atoms. The topological polar surface area (TPSA) is 51.4 Å². The fraction of sp³-hybridized carbons (Fsp3) is 0.929. The second kappa shape index (κ2) is 3.28. The third-order valence-electron chi connectivity index (χ3n) is 5.55. The highest BCUT2D eigenvalue weighted by molar-refractivity contribution is 5.86. The van der Waals surface area contributed by atoms with Gasteiger partial charge in [-0.3, -0.25) is 0 Å². The number of carbonyl (C=O) groups is 1. The van der Waals surface area contributed by atoms with Crippen LogP contribution >= 0.6 is 0 Å². The molecule has 2 heterocycles. The fourth-order valence-corrected chi connectivity index (χ4v) is 4.65. The van der Waals surface area contributed by atoms with E-state index in [-0.39, 0.29) is 17.2 Å². The Kier molecular flexibility index (Phi) is 2.05. The molecule has 4 fully saturated rings. The van der Waals surface area contributed by atoms with Crippen molar-refractivity contribution in [1.29, 1.82) is 0 Å². The lowest BCUT2D eigenvalue weighted by Gasteiger charge is -2.30. The number of fused-ring (bicyclic) bond motifs is 3. The van der Waals surface area contributed by atoms with E-state index >= 15 is 0 Å². The Balaban J connectivity index is 1.69. The molecule has 0 aromatic rings. The monoisotopic (exact) mass is 252 g/mol. The molecule has 2 saturated carbocycles. The van der Waals surface area contributed by atoms with Crippen LogP contribution in [-0.4, -0.2) is 36.0 Å². The van der Waals surface area contributed by atoms with E-state index < -0.39 is 5.60 Å². The number of ether oxygens (including phenoxy) is 3. The van der Waals surface area contributed by atoms with Crippen LogP contribution in [0.1, 0.15) is 51.4 Å². The molecule has 0 radical (unpaired) electrons. The van der Waals surface area contributed by atoms with Crippen molar-refractivity contribution >= 4 is 5.97 Å². The van der Waals surface area contributed by atoms with E-state index in [4.69, 9.17) is 14.2 Å². The van der Waals surface area contributed by atoms with Crippen LogP contribution in [0.5, 0.6) is 0 Å². The zero-order chi connectivity index (χ0) is 12.4. The van der Waals surface area contributed by atoms with Crippen LogP contribution < -0.4 is 0 Å². The van der Waals surface area contributed by atoms with E-state index in [1.54, 1.807) is 0 Å². The number of carbonyl (C=O) groups excluding carboxylic acids is 1. The Morgan fingerprint density at radius 2 is 1.94 bits per heavy atom. The summed E-state index contributed by atoms with van der Waals surface area (Å²) in [5.41, 5.74) is -1.18. The van der Waals surface area contributed by atoms with Gasteiger partial charge < -0.3 is 14.2 Å². The quantitative estimate of drug-likeness (QED) is 0.557. The highest BCUT2D eigenvalue weighted by atomic mass is 16.7. The lowest BCUT2D eigenvalue weighted by Crippen LogP contribution is -2.49. The minimum absolute atomic E-state index is 0.153. The molecule has 0 spiro atoms. The third kappa shape index (κ3) is 1.04. The summed E-state index contributed by atoms with van der Waals surface area (Å²) in [5.74, 6) is -0.184. The van der Waals surface area contributed by atoms with E-state index in [1.807, 2.05) is 0 Å². The van der Waals surface area contributed by atoms with Crippen molar-refractivity contribution < 1.29 is 19.0 Å². The minimum Gasteiger partial charge on any atom is -0.467 e. The van der Waals surface area contributed by atoms with Crippen LogP contribution in [0.4, 0.5) is 0 Å². The Hall–Kier alpha value is -0.610. The summed E-state index contributed by atoms with van der Waals surface area (Å²) in [7, 11) is 1.46. The number of esters is 1. The lowest BCUT2D eigenvalue weighted by molar-refractivity contribution is -0.147. The smallest absolute Gasteiger partial charge is 0.341 e. The van der Waals surface area contributed by atoms with Crippen LogP contribution in [0.15, 0.2) is 0 Å². The Morgan fingerprint density at radius 1 is 1.17 bits per heavy atom. The van der Waals surface area contributed by atoms with Gasteiger partial charge in [-0.15, -0.1) is 0 Å². The van der Waals surface area contributed by atoms with Crippen LogP contribution in [0, 0.1) is 0 Å². The fourth-order valence-electron chi connectivity index (χ4n) is 4.65. The normalized spacial score (nSPS) is 53.1. The molecular formula is C14H20O4. The standard InChI is InChI=1S/C14H20O4/c1-16-11(15)13-8-4-5-9-14(13,18-13)12-7-3-2-6-10(12)17-12/h10H,2-9H2,1H3. The molecule has 2 aliphatic heterocycles. The molecular weight excluding hydrogens is 232 g/mol. The first-order chi connectivity index (χ1) is 8.71. The molecule has 0 aromatic carbocycles. The van der Waals surface area contributed by atoms with Gasteiger partial charge in [0.25, 0.3) is 0 Å². The van der Waals surface area contributed by atoms with Crippen molar-refractivity contribution in [2.24, 2.45) is 0 Å². The van der Waals surface area contributed by atoms with Gasteiger partial charge in [0.05, 0.1) is 13.2 Å². The molecule has 4 aliphatic rings. The third-order valence-corrected chi connectivity index (χ3v) is 5.55. The summed E-state index contributed by atoms with van der Waals surface area (Å²) in [6.45, 7) is 0. The Morgan fingerprint density at radius 3 is 2.72 bits per heavy atom. The summed E-state index contributed by atoms with van der Waals surface area (Å²) in [5, 5.41) is 0. The first-order valence-corrected chi connectivity index (χ1v) is 7.17. The van der Waals surface area contributed by atoms with Crippen molar-refractivity contribution in [3.63, 3.8) is 0 Å². The number of rotatable bonds is 2. The second-order valence-electron chi connectivity index (χ2n) is 6.20. The Labute approximate surface area is 107 Å². The number of hydrogen-bond donors (Lipinski definition) is 0. The van der Waals surface area contributed by atoms with Crippen LogP contribution in [0.2, 0.25) is 0 Å². The molecule has 4 rings (SSSR count). The van der Waals surface area contributed by atoms with E-state index in [1.165, 1.54) is 20.0 Å². The van der Waals surface area contributed by atoms with Crippen LogP contribution in [0.25, 0.3) is 0 Å². The SMILES string of the molecule is COC(=O)C12CCCCC1(C13CCCCC1O3)O2. The second-order valence-corrected chi connectivity index (χ2v) is 6.20. The van der Waals surface area contributed by atoms with Gasteiger partial charge in [0.15, 0.2) is 5.60 Å². The maximum atomic E-state index is 12.1. The van der Waals surface area contributed by atoms with Gasteiger partial charge in [0, 0.05) is 0 Å². The van der Waals surface area contributed by atoms with Gasteiger partial charge in [-0.1, -0.05) is 19.3 Å². The molecule has 100 valence electrons. The number of methoxy groups -OCH3 is 1. The predicted octanol–water partition coefficient (Wildman–Crippen LogP) is 1.95. The number of hydrogen-bond acceptors (Lipinski definition) is 4. The number of epoxide rings is 2. The van der Waals surface area contributed by atoms with E-state index in [9.17, 15) is 4.79 Å². The molecule has 0 amide bonds. The van der Waals surface area contributed by atoms with Gasteiger partial charge in [-0.05, 0) is 32.1 Å². The average Bonchev–Trinajstić information content (AvgIpc) is 3.28. The summed E-state index contributed by atoms with van der Waals surface area (Å²) in [6, 6.07) is 0. The van der Waals surface area contributed by atoms with Crippen molar-refractivity contribution in [1.82, 2.24) is 0 Å². The molecule has 4 nitrogen and oxygen atoms in total. The van der Waals surface area contributed by atoms with Gasteiger partial charge in [0.1, 0.15) is 11.2 Å². The van der Waals surface area contributed by atoms with Crippen molar-refractivity contribution in [3.05, 3.63) is 0 Å². The zero-order valence-electron chi connectivity index (χ0n) is 10.9. The van der Waals surface area contributed by atoms with E-state index in [0.29, 0.717) is 6.10 Å². The van der Waals surface area contributed by atoms with E-state index in [2.05, 4.69) is 0 Å². The van der Waals surface area contributed by atoms with Gasteiger partial charge in [0.2, 0.25) is 0 Å². The first kappa shape index (κ1) is 11.2. The molecule has 0 aromatic heterocycles. The molecule has 4 heteroatoms. The predicted molar refractivity (Wildman–Crippen MR) is 63.1 cm³/mol. The maximum Gasteiger partial charge on any atom is 0.341 e.